The summed E-state index contributed by atoms with van der Waals surface area (Å²) in [6, 6.07) is 89.7. The Bertz CT molecular complexity index is 4960. The van der Waals surface area contributed by atoms with Gasteiger partial charge in [-0.1, -0.05) is 188 Å². The Morgan fingerprint density at radius 1 is 0.333 bits per heavy atom. The Labute approximate surface area is 430 Å². The lowest BCUT2D eigenvalue weighted by atomic mass is 9.93. The van der Waals surface area contributed by atoms with E-state index in [0.29, 0.717) is 5.95 Å². The summed E-state index contributed by atoms with van der Waals surface area (Å²) in [5.74, 6) is 0.602. The molecule has 0 amide bonds. The summed E-state index contributed by atoms with van der Waals surface area (Å²) in [7, 11) is 0. The normalized spacial score (nSPS) is 12.0. The summed E-state index contributed by atoms with van der Waals surface area (Å²) in [4.78, 5) is 12.8. The smallest absolute Gasteiger partial charge is 0.235 e. The van der Waals surface area contributed by atoms with Crippen LogP contribution in [0.3, 0.4) is 0 Å². The van der Waals surface area contributed by atoms with Crippen molar-refractivity contribution >= 4 is 126 Å². The number of para-hydroxylation sites is 1. The zero-order valence-electron chi connectivity index (χ0n) is 40.4. The number of anilines is 3. The van der Waals surface area contributed by atoms with Crippen LogP contribution < -0.4 is 4.90 Å². The highest BCUT2D eigenvalue weighted by atomic mass is 16.3. The molecule has 0 spiro atoms. The van der Waals surface area contributed by atoms with Crippen molar-refractivity contribution in [1.82, 2.24) is 14.5 Å². The molecule has 5 heteroatoms. The molecule has 16 rings (SSSR count). The van der Waals surface area contributed by atoms with Crippen LogP contribution in [0.25, 0.3) is 137 Å². The van der Waals surface area contributed by atoms with Gasteiger partial charge in [0.05, 0.1) is 11.0 Å². The Kier molecular flexibility index (Phi) is 8.97. The number of hydrogen-bond donors (Lipinski definition) is 0. The van der Waals surface area contributed by atoms with Gasteiger partial charge in [-0.2, -0.15) is 0 Å². The number of nitrogens with zero attached hydrogens (tertiary/aromatic N) is 4. The van der Waals surface area contributed by atoms with Crippen molar-refractivity contribution in [2.45, 2.75) is 0 Å². The van der Waals surface area contributed by atoms with Crippen LogP contribution in [0.4, 0.5) is 17.1 Å². The van der Waals surface area contributed by atoms with Gasteiger partial charge in [0.15, 0.2) is 5.58 Å². The van der Waals surface area contributed by atoms with Crippen molar-refractivity contribution in [2.75, 3.05) is 4.90 Å². The molecule has 348 valence electrons. The lowest BCUT2D eigenvalue weighted by molar-refractivity contribution is 0.671. The number of hydrogen-bond acceptors (Lipinski definition) is 4. The molecule has 0 radical (unpaired) electrons. The van der Waals surface area contributed by atoms with Crippen LogP contribution in [0.15, 0.2) is 259 Å². The van der Waals surface area contributed by atoms with Gasteiger partial charge in [0, 0.05) is 55.6 Å². The third-order valence-electron chi connectivity index (χ3n) is 15.6. The molecule has 13 aromatic carbocycles. The van der Waals surface area contributed by atoms with E-state index in [1.165, 1.54) is 65.0 Å². The molecule has 3 heterocycles. The highest BCUT2D eigenvalue weighted by Gasteiger charge is 2.24. The first kappa shape index (κ1) is 41.5. The standard InChI is InChI=1S/C70H42N4O/c1-2-12-43(13-3-1)44-24-30-50(31-25-44)73(52-34-28-47-23-22-46-14-4-6-16-53(46)62(47)41-52)51-32-26-45(27-33-51)48-29-39-65-63(40-48)61-38-37-60-59-36-35-58-56-19-8-7-17-54(56)55-18-9-10-20-57(55)66(58)67(59)74(68(60)69(61)75-65)70-71-42-49-15-5-11-21-64(49)72-70/h1-42H. The van der Waals surface area contributed by atoms with Crippen LogP contribution in [-0.2, 0) is 0 Å². The molecule has 75 heavy (non-hydrogen) atoms. The molecule has 0 N–H and O–H groups in total. The molecule has 0 bridgehead atoms. The number of fused-ring (bicyclic) bond motifs is 18. The SMILES string of the molecule is c1ccc(-c2ccc(N(c3ccc(-c4ccc5oc6c(ccc7c8ccc9c%10ccccc%10c%10ccccc%10c9c8n(-c8ncc9ccccc9n8)c76)c5c4)cc3)c3ccc4ccc5ccccc5c4c3)cc2)cc1. The second-order valence-corrected chi connectivity index (χ2v) is 19.7. The largest absolute Gasteiger partial charge is 0.454 e. The molecule has 3 aromatic heterocycles. The highest BCUT2D eigenvalue weighted by Crippen LogP contribution is 2.47. The van der Waals surface area contributed by atoms with Crippen LogP contribution in [0.2, 0.25) is 0 Å². The Morgan fingerprint density at radius 3 is 1.60 bits per heavy atom. The second kappa shape index (κ2) is 16.2. The maximum absolute atomic E-state index is 7.06. The van der Waals surface area contributed by atoms with Crippen LogP contribution in [0.1, 0.15) is 0 Å². The highest BCUT2D eigenvalue weighted by molar-refractivity contribution is 6.35. The van der Waals surface area contributed by atoms with Gasteiger partial charge in [-0.3, -0.25) is 4.57 Å². The first-order valence-corrected chi connectivity index (χ1v) is 25.5. The second-order valence-electron chi connectivity index (χ2n) is 19.7. The molecule has 0 saturated heterocycles. The van der Waals surface area contributed by atoms with E-state index in [4.69, 9.17) is 14.4 Å². The monoisotopic (exact) mass is 954 g/mol. The third-order valence-corrected chi connectivity index (χ3v) is 15.6. The van der Waals surface area contributed by atoms with Crippen LogP contribution in [0, 0.1) is 0 Å². The van der Waals surface area contributed by atoms with E-state index < -0.39 is 0 Å². The Hall–Kier alpha value is -10.1. The van der Waals surface area contributed by atoms with Gasteiger partial charge < -0.3 is 9.32 Å². The summed E-state index contributed by atoms with van der Waals surface area (Å²) in [5, 5.41) is 17.4. The lowest BCUT2D eigenvalue weighted by Gasteiger charge is -2.26. The number of aromatic nitrogens is 3. The van der Waals surface area contributed by atoms with E-state index in [9.17, 15) is 0 Å². The fourth-order valence-corrected chi connectivity index (χ4v) is 12.1. The molecule has 0 aliphatic carbocycles. The van der Waals surface area contributed by atoms with Crippen LogP contribution in [0.5, 0.6) is 0 Å². The fraction of sp³-hybridized carbons (Fsp3) is 0. The first-order valence-electron chi connectivity index (χ1n) is 25.5. The Morgan fingerprint density at radius 2 is 0.853 bits per heavy atom. The lowest BCUT2D eigenvalue weighted by Crippen LogP contribution is -2.09. The maximum Gasteiger partial charge on any atom is 0.235 e. The van der Waals surface area contributed by atoms with E-state index in [0.717, 1.165) is 82.8 Å². The summed E-state index contributed by atoms with van der Waals surface area (Å²) in [6.07, 6.45) is 1.94. The van der Waals surface area contributed by atoms with Crippen LogP contribution >= 0.6 is 0 Å². The van der Waals surface area contributed by atoms with Crippen LogP contribution in [-0.4, -0.2) is 14.5 Å². The topological polar surface area (TPSA) is 47.1 Å². The fourth-order valence-electron chi connectivity index (χ4n) is 12.1. The molecule has 0 aliphatic heterocycles. The molecule has 16 aromatic rings. The van der Waals surface area contributed by atoms with Crippen molar-refractivity contribution in [1.29, 1.82) is 0 Å². The maximum atomic E-state index is 7.06. The minimum atomic E-state index is 0.602. The molecule has 0 unspecified atom stereocenters. The molecular formula is C70H42N4O. The van der Waals surface area contributed by atoms with E-state index in [1.807, 2.05) is 18.3 Å². The van der Waals surface area contributed by atoms with Crippen molar-refractivity contribution in [3.05, 3.63) is 255 Å². The summed E-state index contributed by atoms with van der Waals surface area (Å²) >= 11 is 0. The summed E-state index contributed by atoms with van der Waals surface area (Å²) in [6.45, 7) is 0. The predicted octanol–water partition coefficient (Wildman–Crippen LogP) is 19.2. The van der Waals surface area contributed by atoms with Gasteiger partial charge in [0.25, 0.3) is 0 Å². The summed E-state index contributed by atoms with van der Waals surface area (Å²) < 4.78 is 9.33. The van der Waals surface area contributed by atoms with Gasteiger partial charge in [0.1, 0.15) is 11.1 Å². The van der Waals surface area contributed by atoms with Crippen molar-refractivity contribution in [3.63, 3.8) is 0 Å². The third kappa shape index (κ3) is 6.38. The zero-order valence-corrected chi connectivity index (χ0v) is 40.4. The number of furan rings is 1. The number of rotatable bonds is 6. The Balaban J connectivity index is 0.866. The van der Waals surface area contributed by atoms with Crippen molar-refractivity contribution in [2.24, 2.45) is 0 Å². The molecule has 5 nitrogen and oxygen atoms in total. The van der Waals surface area contributed by atoms with E-state index in [-0.39, 0.29) is 0 Å². The molecular weight excluding hydrogens is 913 g/mol. The average Bonchev–Trinajstić information content (AvgIpc) is 4.08. The molecule has 0 fully saturated rings. The average molecular weight is 955 g/mol. The quantitative estimate of drug-likeness (QED) is 0.156. The van der Waals surface area contributed by atoms with Gasteiger partial charge in [0.2, 0.25) is 5.95 Å². The van der Waals surface area contributed by atoms with Gasteiger partial charge in [-0.25, -0.2) is 9.97 Å². The zero-order chi connectivity index (χ0) is 49.1. The summed E-state index contributed by atoms with van der Waals surface area (Å²) in [5.41, 5.74) is 12.4. The predicted molar refractivity (Wildman–Crippen MR) is 314 cm³/mol. The van der Waals surface area contributed by atoms with Crippen molar-refractivity contribution < 1.29 is 4.42 Å². The number of benzene rings is 13. The molecule has 0 aliphatic rings. The van der Waals surface area contributed by atoms with Crippen molar-refractivity contribution in [3.8, 4) is 28.2 Å². The van der Waals surface area contributed by atoms with Gasteiger partial charge in [-0.15, -0.1) is 0 Å². The van der Waals surface area contributed by atoms with E-state index in [2.05, 4.69) is 246 Å². The van der Waals surface area contributed by atoms with E-state index in [1.54, 1.807) is 0 Å². The molecule has 0 saturated carbocycles. The van der Waals surface area contributed by atoms with Gasteiger partial charge in [-0.05, 0) is 131 Å². The minimum absolute atomic E-state index is 0.602. The molecule has 0 atom stereocenters. The minimum Gasteiger partial charge on any atom is -0.454 e. The van der Waals surface area contributed by atoms with E-state index >= 15 is 0 Å². The first-order chi connectivity index (χ1) is 37.2. The van der Waals surface area contributed by atoms with Gasteiger partial charge >= 0.3 is 0 Å².